The fourth-order valence-corrected chi connectivity index (χ4v) is 2.01. The van der Waals surface area contributed by atoms with E-state index >= 15 is 0 Å². The molecule has 0 aromatic carbocycles. The molecule has 2 heteroatoms. The Hall–Kier alpha value is -1.05. The molecule has 0 saturated heterocycles. The largest absolute Gasteiger partial charge is 0.385 e. The van der Waals surface area contributed by atoms with E-state index in [2.05, 4.69) is 39.9 Å². The molecule has 0 heterocycles. The summed E-state index contributed by atoms with van der Waals surface area (Å²) in [5, 5.41) is 3.40. The van der Waals surface area contributed by atoms with Crippen LogP contribution in [0.1, 0.15) is 47.5 Å². The van der Waals surface area contributed by atoms with Crippen LogP contribution < -0.4 is 5.32 Å². The average molecular weight is 237 g/mol. The maximum atomic E-state index is 13.6. The van der Waals surface area contributed by atoms with Crippen LogP contribution >= 0.6 is 0 Å². The lowest BCUT2D eigenvalue weighted by atomic mass is 9.88. The molecule has 1 N–H and O–H groups in total. The standard InChI is InChI=1S/C15H24FN/c1-6-10(3)14-8-13(16)9-15(12(14)5)17-11(4)7-2/h8-9,11-12,17H,6-7H2,1-5H3. The molecule has 0 fully saturated rings. The zero-order valence-electron chi connectivity index (χ0n) is 11.6. The third-order valence-electron chi connectivity index (χ3n) is 3.57. The Morgan fingerprint density at radius 1 is 1.41 bits per heavy atom. The Bertz CT molecular complexity index is 363. The molecule has 0 spiro atoms. The summed E-state index contributed by atoms with van der Waals surface area (Å²) in [6.07, 6.45) is 5.32. The summed E-state index contributed by atoms with van der Waals surface area (Å²) < 4.78 is 13.6. The molecule has 1 aliphatic carbocycles. The van der Waals surface area contributed by atoms with Gasteiger partial charge in [-0.05, 0) is 44.4 Å². The van der Waals surface area contributed by atoms with Gasteiger partial charge in [-0.15, -0.1) is 0 Å². The van der Waals surface area contributed by atoms with Crippen LogP contribution in [0, 0.1) is 5.92 Å². The molecular formula is C15H24FN. The second kappa shape index (κ2) is 6.04. The number of nitrogens with one attached hydrogen (secondary N) is 1. The first-order chi connectivity index (χ1) is 7.99. The van der Waals surface area contributed by atoms with Gasteiger partial charge in [-0.25, -0.2) is 4.39 Å². The van der Waals surface area contributed by atoms with Gasteiger partial charge in [0.2, 0.25) is 0 Å². The van der Waals surface area contributed by atoms with Gasteiger partial charge in [0.05, 0.1) is 0 Å². The van der Waals surface area contributed by atoms with E-state index in [0.29, 0.717) is 6.04 Å². The molecule has 96 valence electrons. The minimum Gasteiger partial charge on any atom is -0.385 e. The highest BCUT2D eigenvalue weighted by molar-refractivity contribution is 5.42. The minimum absolute atomic E-state index is 0.142. The summed E-state index contributed by atoms with van der Waals surface area (Å²) in [6, 6.07) is 0.387. The summed E-state index contributed by atoms with van der Waals surface area (Å²) in [6.45, 7) is 10.6. The van der Waals surface area contributed by atoms with Crippen molar-refractivity contribution in [1.29, 1.82) is 0 Å². The monoisotopic (exact) mass is 237 g/mol. The van der Waals surface area contributed by atoms with Crippen LogP contribution in [0.4, 0.5) is 4.39 Å². The van der Waals surface area contributed by atoms with Crippen molar-refractivity contribution in [2.45, 2.75) is 53.5 Å². The molecule has 2 unspecified atom stereocenters. The third-order valence-corrected chi connectivity index (χ3v) is 3.57. The first kappa shape index (κ1) is 14.0. The molecule has 0 aliphatic heterocycles. The second-order valence-corrected chi connectivity index (χ2v) is 4.89. The van der Waals surface area contributed by atoms with Crippen molar-refractivity contribution in [3.63, 3.8) is 0 Å². The quantitative estimate of drug-likeness (QED) is 0.759. The van der Waals surface area contributed by atoms with Crippen LogP contribution in [0.25, 0.3) is 0 Å². The van der Waals surface area contributed by atoms with Crippen LogP contribution in [0.2, 0.25) is 0 Å². The first-order valence-corrected chi connectivity index (χ1v) is 6.54. The molecule has 0 radical (unpaired) electrons. The topological polar surface area (TPSA) is 12.0 Å². The highest BCUT2D eigenvalue weighted by Gasteiger charge is 2.20. The van der Waals surface area contributed by atoms with Crippen molar-refractivity contribution < 1.29 is 4.39 Å². The molecule has 2 atom stereocenters. The fraction of sp³-hybridized carbons (Fsp3) is 0.600. The Kier molecular flexibility index (Phi) is 4.98. The smallest absolute Gasteiger partial charge is 0.125 e. The zero-order valence-corrected chi connectivity index (χ0v) is 11.6. The number of hydrogen-bond acceptors (Lipinski definition) is 1. The molecule has 0 aromatic rings. The highest BCUT2D eigenvalue weighted by atomic mass is 19.1. The Morgan fingerprint density at radius 2 is 2.06 bits per heavy atom. The molecule has 0 saturated carbocycles. The Balaban J connectivity index is 2.98. The normalized spacial score (nSPS) is 24.9. The fourth-order valence-electron chi connectivity index (χ4n) is 2.01. The van der Waals surface area contributed by atoms with Crippen molar-refractivity contribution >= 4 is 0 Å². The molecule has 1 nitrogen and oxygen atoms in total. The van der Waals surface area contributed by atoms with Crippen LogP contribution in [0.15, 0.2) is 34.8 Å². The van der Waals surface area contributed by atoms with Crippen LogP contribution in [0.5, 0.6) is 0 Å². The van der Waals surface area contributed by atoms with E-state index < -0.39 is 0 Å². The van der Waals surface area contributed by atoms with Crippen LogP contribution in [0.3, 0.4) is 0 Å². The van der Waals surface area contributed by atoms with Gasteiger partial charge in [-0.3, -0.25) is 0 Å². The molecule has 1 aliphatic rings. The van der Waals surface area contributed by atoms with Crippen molar-refractivity contribution in [3.05, 3.63) is 34.8 Å². The van der Waals surface area contributed by atoms with Gasteiger partial charge in [-0.2, -0.15) is 0 Å². The van der Waals surface area contributed by atoms with Gasteiger partial charge >= 0.3 is 0 Å². The predicted molar refractivity (Wildman–Crippen MR) is 72.3 cm³/mol. The highest BCUT2D eigenvalue weighted by Crippen LogP contribution is 2.31. The SMILES string of the molecule is CCC(C)=C1C=C(F)C=C(NC(C)CC)C1C. The molecule has 0 aromatic heterocycles. The predicted octanol–water partition coefficient (Wildman–Crippen LogP) is 4.49. The number of allylic oxidation sites excluding steroid dienone is 5. The van der Waals surface area contributed by atoms with E-state index in [1.165, 1.54) is 5.57 Å². The molecule has 0 amide bonds. The lowest BCUT2D eigenvalue weighted by Gasteiger charge is -2.26. The minimum atomic E-state index is -0.142. The lowest BCUT2D eigenvalue weighted by Crippen LogP contribution is -2.29. The van der Waals surface area contributed by atoms with E-state index in [-0.39, 0.29) is 11.7 Å². The van der Waals surface area contributed by atoms with Gasteiger partial charge in [0.25, 0.3) is 0 Å². The summed E-state index contributed by atoms with van der Waals surface area (Å²) in [5.41, 5.74) is 3.39. The summed E-state index contributed by atoms with van der Waals surface area (Å²) in [7, 11) is 0. The van der Waals surface area contributed by atoms with Gasteiger partial charge in [-0.1, -0.05) is 26.3 Å². The van der Waals surface area contributed by atoms with Crippen molar-refractivity contribution in [3.8, 4) is 0 Å². The van der Waals surface area contributed by atoms with Crippen molar-refractivity contribution in [2.75, 3.05) is 0 Å². The van der Waals surface area contributed by atoms with E-state index in [1.807, 2.05) is 0 Å². The molecule has 0 bridgehead atoms. The van der Waals surface area contributed by atoms with E-state index in [1.54, 1.807) is 12.2 Å². The molecular weight excluding hydrogens is 213 g/mol. The summed E-state index contributed by atoms with van der Waals surface area (Å²) >= 11 is 0. The maximum absolute atomic E-state index is 13.6. The first-order valence-electron chi connectivity index (χ1n) is 6.54. The van der Waals surface area contributed by atoms with Gasteiger partial charge < -0.3 is 5.32 Å². The average Bonchev–Trinajstić information content (AvgIpc) is 2.32. The molecule has 17 heavy (non-hydrogen) atoms. The molecule has 1 rings (SSSR count). The Morgan fingerprint density at radius 3 is 2.59 bits per heavy atom. The maximum Gasteiger partial charge on any atom is 0.125 e. The van der Waals surface area contributed by atoms with Crippen LogP contribution in [-0.2, 0) is 0 Å². The number of halogens is 1. The number of rotatable bonds is 4. The van der Waals surface area contributed by atoms with E-state index in [4.69, 9.17) is 0 Å². The van der Waals surface area contributed by atoms with Crippen molar-refractivity contribution in [2.24, 2.45) is 5.92 Å². The summed E-state index contributed by atoms with van der Waals surface area (Å²) in [5.74, 6) is 0.125. The van der Waals surface area contributed by atoms with Gasteiger partial charge in [0.15, 0.2) is 0 Å². The Labute approximate surface area is 104 Å². The van der Waals surface area contributed by atoms with Crippen LogP contribution in [-0.4, -0.2) is 6.04 Å². The summed E-state index contributed by atoms with van der Waals surface area (Å²) in [4.78, 5) is 0. The lowest BCUT2D eigenvalue weighted by molar-refractivity contribution is 0.540. The number of hydrogen-bond donors (Lipinski definition) is 1. The van der Waals surface area contributed by atoms with Gasteiger partial charge in [0, 0.05) is 17.7 Å². The van der Waals surface area contributed by atoms with E-state index in [0.717, 1.165) is 24.1 Å². The van der Waals surface area contributed by atoms with E-state index in [9.17, 15) is 4.39 Å². The zero-order chi connectivity index (χ0) is 13.0. The third kappa shape index (κ3) is 3.45. The van der Waals surface area contributed by atoms with Gasteiger partial charge in [0.1, 0.15) is 5.83 Å². The van der Waals surface area contributed by atoms with Crippen molar-refractivity contribution in [1.82, 2.24) is 5.32 Å². The second-order valence-electron chi connectivity index (χ2n) is 4.89.